The number of hydrogen-bond acceptors (Lipinski definition) is 1. The molecule has 2 aromatic carbocycles. The summed E-state index contributed by atoms with van der Waals surface area (Å²) in [5.74, 6) is 0.246. The summed E-state index contributed by atoms with van der Waals surface area (Å²) in [4.78, 5) is 14.6. The summed E-state index contributed by atoms with van der Waals surface area (Å²) < 4.78 is 0. The lowest BCUT2D eigenvalue weighted by Crippen LogP contribution is -2.44. The van der Waals surface area contributed by atoms with E-state index in [1.807, 2.05) is 23.1 Å². The normalized spacial score (nSPS) is 16.2. The second-order valence-electron chi connectivity index (χ2n) is 7.14. The molecule has 1 amide bonds. The lowest BCUT2D eigenvalue weighted by molar-refractivity contribution is -0.133. The molecule has 0 N–H and O–H groups in total. The first-order valence-corrected chi connectivity index (χ1v) is 8.64. The van der Waals surface area contributed by atoms with Gasteiger partial charge in [0.05, 0.1) is 0 Å². The Bertz CT molecular complexity index is 731. The van der Waals surface area contributed by atoms with Crippen LogP contribution in [0.25, 0.3) is 6.08 Å². The molecule has 2 nitrogen and oxygen atoms in total. The van der Waals surface area contributed by atoms with Crippen LogP contribution in [0.15, 0.2) is 60.7 Å². The Morgan fingerprint density at radius 2 is 1.79 bits per heavy atom. The highest BCUT2D eigenvalue weighted by molar-refractivity contribution is 5.77. The van der Waals surface area contributed by atoms with Gasteiger partial charge in [0, 0.05) is 24.9 Å². The predicted octanol–water partition coefficient (Wildman–Crippen LogP) is 4.80. The molecule has 0 bridgehead atoms. The van der Waals surface area contributed by atoms with Crippen LogP contribution >= 0.6 is 0 Å². The van der Waals surface area contributed by atoms with E-state index in [0.717, 1.165) is 19.5 Å². The summed E-state index contributed by atoms with van der Waals surface area (Å²) in [5, 5.41) is 0. The average Bonchev–Trinajstić information content (AvgIpc) is 2.59. The number of hydrogen-bond donors (Lipinski definition) is 0. The third-order valence-corrected chi connectivity index (χ3v) is 4.68. The van der Waals surface area contributed by atoms with Crippen molar-refractivity contribution in [3.05, 3.63) is 77.4 Å². The van der Waals surface area contributed by atoms with Crippen LogP contribution in [0.2, 0.25) is 0 Å². The Morgan fingerprint density at radius 3 is 2.58 bits per heavy atom. The Labute approximate surface area is 144 Å². The van der Waals surface area contributed by atoms with Gasteiger partial charge in [0.2, 0.25) is 5.91 Å². The number of amides is 1. The minimum atomic E-state index is 0.0182. The lowest BCUT2D eigenvalue weighted by atomic mass is 9.78. The summed E-state index contributed by atoms with van der Waals surface area (Å²) in [6, 6.07) is 18.7. The number of rotatable bonds is 4. The fraction of sp³-hybridized carbons (Fsp3) is 0.318. The standard InChI is InChI=1S/C22H25NO/c1-22(2)17-23(16-19-13-7-8-14-20(19)22)21(24)15-9-6-12-18-10-4-3-5-11-18/h3-8,10-14H,9,15-17H2,1-2H3/b12-6+. The molecular weight excluding hydrogens is 294 g/mol. The van der Waals surface area contributed by atoms with E-state index in [4.69, 9.17) is 0 Å². The molecule has 3 rings (SSSR count). The van der Waals surface area contributed by atoms with Gasteiger partial charge in [-0.2, -0.15) is 0 Å². The minimum Gasteiger partial charge on any atom is -0.337 e. The van der Waals surface area contributed by atoms with Crippen molar-refractivity contribution in [2.24, 2.45) is 0 Å². The Morgan fingerprint density at radius 1 is 1.08 bits per heavy atom. The number of benzene rings is 2. The molecule has 0 saturated carbocycles. The molecule has 0 aromatic heterocycles. The van der Waals surface area contributed by atoms with Crippen molar-refractivity contribution in [2.45, 2.75) is 38.6 Å². The first-order valence-electron chi connectivity index (χ1n) is 8.64. The second kappa shape index (κ2) is 7.04. The lowest BCUT2D eigenvalue weighted by Gasteiger charge is -2.40. The highest BCUT2D eigenvalue weighted by Gasteiger charge is 2.33. The van der Waals surface area contributed by atoms with Gasteiger partial charge in [0.1, 0.15) is 0 Å². The van der Waals surface area contributed by atoms with Crippen molar-refractivity contribution in [3.8, 4) is 0 Å². The molecule has 124 valence electrons. The summed E-state index contributed by atoms with van der Waals surface area (Å²) in [5.41, 5.74) is 3.85. The van der Waals surface area contributed by atoms with Crippen LogP contribution in [-0.4, -0.2) is 17.4 Å². The zero-order chi connectivity index (χ0) is 17.0. The smallest absolute Gasteiger partial charge is 0.223 e. The van der Waals surface area contributed by atoms with Gasteiger partial charge in [0.25, 0.3) is 0 Å². The van der Waals surface area contributed by atoms with E-state index in [9.17, 15) is 4.79 Å². The van der Waals surface area contributed by atoms with Crippen LogP contribution in [0.4, 0.5) is 0 Å². The molecule has 1 heterocycles. The van der Waals surface area contributed by atoms with E-state index in [0.29, 0.717) is 6.42 Å². The van der Waals surface area contributed by atoms with E-state index < -0.39 is 0 Å². The number of allylic oxidation sites excluding steroid dienone is 1. The van der Waals surface area contributed by atoms with Gasteiger partial charge in [-0.15, -0.1) is 0 Å². The molecule has 24 heavy (non-hydrogen) atoms. The van der Waals surface area contributed by atoms with Crippen LogP contribution in [-0.2, 0) is 16.8 Å². The minimum absolute atomic E-state index is 0.0182. The monoisotopic (exact) mass is 319 g/mol. The molecule has 2 aromatic rings. The van der Waals surface area contributed by atoms with Gasteiger partial charge in [-0.1, -0.05) is 80.6 Å². The maximum absolute atomic E-state index is 12.6. The second-order valence-corrected chi connectivity index (χ2v) is 7.14. The van der Waals surface area contributed by atoms with E-state index in [1.54, 1.807) is 0 Å². The van der Waals surface area contributed by atoms with Gasteiger partial charge in [0.15, 0.2) is 0 Å². The number of carbonyl (C=O) groups excluding carboxylic acids is 1. The van der Waals surface area contributed by atoms with Crippen molar-refractivity contribution < 1.29 is 4.79 Å². The average molecular weight is 319 g/mol. The summed E-state index contributed by atoms with van der Waals surface area (Å²) >= 11 is 0. The zero-order valence-electron chi connectivity index (χ0n) is 14.5. The molecule has 0 fully saturated rings. The van der Waals surface area contributed by atoms with Gasteiger partial charge in [-0.05, 0) is 23.1 Å². The van der Waals surface area contributed by atoms with E-state index >= 15 is 0 Å². The van der Waals surface area contributed by atoms with Crippen molar-refractivity contribution in [2.75, 3.05) is 6.54 Å². The molecule has 0 radical (unpaired) electrons. The molecule has 2 heteroatoms. The molecule has 1 aliphatic rings. The largest absolute Gasteiger partial charge is 0.337 e. The number of carbonyl (C=O) groups is 1. The quantitative estimate of drug-likeness (QED) is 0.792. The number of fused-ring (bicyclic) bond motifs is 1. The van der Waals surface area contributed by atoms with Crippen molar-refractivity contribution >= 4 is 12.0 Å². The predicted molar refractivity (Wildman–Crippen MR) is 99.6 cm³/mol. The van der Waals surface area contributed by atoms with Crippen molar-refractivity contribution in [1.82, 2.24) is 4.90 Å². The molecule has 0 spiro atoms. The SMILES string of the molecule is CC1(C)CN(C(=O)CC/C=C/c2ccccc2)Cc2ccccc21. The highest BCUT2D eigenvalue weighted by atomic mass is 16.2. The fourth-order valence-corrected chi connectivity index (χ4v) is 3.47. The zero-order valence-corrected chi connectivity index (χ0v) is 14.5. The van der Waals surface area contributed by atoms with Gasteiger partial charge in [-0.3, -0.25) is 4.79 Å². The van der Waals surface area contributed by atoms with Crippen molar-refractivity contribution in [3.63, 3.8) is 0 Å². The third kappa shape index (κ3) is 3.76. The highest BCUT2D eigenvalue weighted by Crippen LogP contribution is 2.33. The summed E-state index contributed by atoms with van der Waals surface area (Å²) in [6.45, 7) is 5.98. The molecule has 0 unspecified atom stereocenters. The Kier molecular flexibility index (Phi) is 4.84. The van der Waals surface area contributed by atoms with Crippen molar-refractivity contribution in [1.29, 1.82) is 0 Å². The maximum atomic E-state index is 12.6. The van der Waals surface area contributed by atoms with Crippen LogP contribution in [0, 0.1) is 0 Å². The first-order chi connectivity index (χ1) is 11.6. The molecule has 1 aliphatic heterocycles. The number of nitrogens with zero attached hydrogens (tertiary/aromatic N) is 1. The Hall–Kier alpha value is -2.35. The third-order valence-electron chi connectivity index (χ3n) is 4.68. The van der Waals surface area contributed by atoms with E-state index in [1.165, 1.54) is 16.7 Å². The van der Waals surface area contributed by atoms with Crippen LogP contribution in [0.3, 0.4) is 0 Å². The van der Waals surface area contributed by atoms with Gasteiger partial charge >= 0.3 is 0 Å². The van der Waals surface area contributed by atoms with Gasteiger partial charge < -0.3 is 4.90 Å². The fourth-order valence-electron chi connectivity index (χ4n) is 3.47. The molecule has 0 atom stereocenters. The topological polar surface area (TPSA) is 20.3 Å². The molecule has 0 aliphatic carbocycles. The molecular formula is C22H25NO. The molecule has 0 saturated heterocycles. The first kappa shape index (κ1) is 16.5. The summed E-state index contributed by atoms with van der Waals surface area (Å²) in [6.07, 6.45) is 5.53. The van der Waals surface area contributed by atoms with Gasteiger partial charge in [-0.25, -0.2) is 0 Å². The Balaban J connectivity index is 1.59. The van der Waals surface area contributed by atoms with E-state index in [-0.39, 0.29) is 11.3 Å². The van der Waals surface area contributed by atoms with E-state index in [2.05, 4.69) is 62.4 Å². The van der Waals surface area contributed by atoms with Crippen LogP contribution in [0.1, 0.15) is 43.4 Å². The van der Waals surface area contributed by atoms with Crippen LogP contribution < -0.4 is 0 Å². The van der Waals surface area contributed by atoms with Crippen LogP contribution in [0.5, 0.6) is 0 Å². The maximum Gasteiger partial charge on any atom is 0.223 e. The summed E-state index contributed by atoms with van der Waals surface area (Å²) in [7, 11) is 0.